The molecule has 2 unspecified atom stereocenters. The number of piperidine rings is 1. The molecule has 18 heavy (non-hydrogen) atoms. The molecule has 1 aliphatic carbocycles. The molecule has 2 aromatic rings. The van der Waals surface area contributed by atoms with Crippen LogP contribution >= 0.6 is 11.3 Å². The highest BCUT2D eigenvalue weighted by atomic mass is 32.1. The predicted octanol–water partition coefficient (Wildman–Crippen LogP) is 2.58. The average Bonchev–Trinajstić information content (AvgIpc) is 2.80. The Kier molecular flexibility index (Phi) is 2.14. The maximum absolute atomic E-state index is 5.71. The lowest BCUT2D eigenvalue weighted by Gasteiger charge is -2.21. The van der Waals surface area contributed by atoms with Crippen molar-refractivity contribution in [2.24, 2.45) is 11.8 Å². The maximum Gasteiger partial charge on any atom is 0.180 e. The van der Waals surface area contributed by atoms with Gasteiger partial charge in [0.2, 0.25) is 0 Å². The summed E-state index contributed by atoms with van der Waals surface area (Å²) in [5.41, 5.74) is 8.28. The lowest BCUT2D eigenvalue weighted by Crippen LogP contribution is -2.23. The molecule has 1 saturated heterocycles. The van der Waals surface area contributed by atoms with Crippen LogP contribution in [-0.2, 0) is 0 Å². The third-order valence-corrected chi connectivity index (χ3v) is 4.89. The average molecular weight is 257 g/mol. The van der Waals surface area contributed by atoms with E-state index >= 15 is 0 Å². The van der Waals surface area contributed by atoms with Crippen molar-refractivity contribution < 1.29 is 0 Å². The summed E-state index contributed by atoms with van der Waals surface area (Å²) in [5, 5.41) is 2.83. The first-order chi connectivity index (χ1) is 8.83. The summed E-state index contributed by atoms with van der Waals surface area (Å²) in [6.07, 6.45) is 0. The van der Waals surface area contributed by atoms with E-state index in [9.17, 15) is 0 Å². The van der Waals surface area contributed by atoms with Crippen LogP contribution in [0, 0.1) is 11.8 Å². The van der Waals surface area contributed by atoms with Crippen molar-refractivity contribution in [2.45, 2.75) is 5.92 Å². The maximum atomic E-state index is 5.71. The number of hydrogen-bond donors (Lipinski definition) is 1. The van der Waals surface area contributed by atoms with Gasteiger partial charge >= 0.3 is 0 Å². The number of para-hydroxylation sites is 1. The summed E-state index contributed by atoms with van der Waals surface area (Å²) in [5.74, 6) is 2.23. The first kappa shape index (κ1) is 10.4. The molecule has 4 heteroatoms. The van der Waals surface area contributed by atoms with Crippen molar-refractivity contribution in [1.82, 2.24) is 4.98 Å². The molecule has 92 valence electrons. The van der Waals surface area contributed by atoms with Crippen molar-refractivity contribution >= 4 is 22.2 Å². The van der Waals surface area contributed by atoms with Gasteiger partial charge in [-0.2, -0.15) is 0 Å². The van der Waals surface area contributed by atoms with Crippen LogP contribution in [0.1, 0.15) is 11.6 Å². The normalized spacial score (nSPS) is 29.3. The smallest absolute Gasteiger partial charge is 0.180 e. The number of rotatable bonds is 2. The van der Waals surface area contributed by atoms with Gasteiger partial charge in [-0.3, -0.25) is 0 Å². The predicted molar refractivity (Wildman–Crippen MR) is 74.9 cm³/mol. The Morgan fingerprint density at radius 1 is 1.17 bits per heavy atom. The number of nitrogens with zero attached hydrogens (tertiary/aromatic N) is 2. The number of anilines is 2. The lowest BCUT2D eigenvalue weighted by atomic mass is 10.2. The fraction of sp³-hybridized carbons (Fsp3) is 0.357. The number of thiazole rings is 1. The number of nitrogens with two attached hydrogens (primary N) is 1. The fourth-order valence-corrected chi connectivity index (χ4v) is 3.88. The molecule has 3 nitrogen and oxygen atoms in total. The van der Waals surface area contributed by atoms with Crippen LogP contribution in [0.2, 0.25) is 0 Å². The first-order valence-electron chi connectivity index (χ1n) is 6.34. The van der Waals surface area contributed by atoms with Gasteiger partial charge in [0.1, 0.15) is 0 Å². The van der Waals surface area contributed by atoms with Gasteiger partial charge in [0.05, 0.1) is 5.69 Å². The molecule has 1 aromatic carbocycles. The van der Waals surface area contributed by atoms with Crippen LogP contribution in [0.5, 0.6) is 0 Å². The zero-order chi connectivity index (χ0) is 12.1. The van der Waals surface area contributed by atoms with Crippen molar-refractivity contribution in [3.63, 3.8) is 0 Å². The summed E-state index contributed by atoms with van der Waals surface area (Å²) < 4.78 is 0. The number of aromatic nitrogens is 1. The summed E-state index contributed by atoms with van der Waals surface area (Å²) in [7, 11) is 0. The van der Waals surface area contributed by atoms with Gasteiger partial charge in [0.25, 0.3) is 0 Å². The fourth-order valence-electron chi connectivity index (χ4n) is 3.27. The third-order valence-electron chi connectivity index (χ3n) is 4.20. The van der Waals surface area contributed by atoms with E-state index in [0.717, 1.165) is 24.9 Å². The molecule has 0 bridgehead atoms. The van der Waals surface area contributed by atoms with Crippen molar-refractivity contribution in [1.29, 1.82) is 0 Å². The SMILES string of the molecule is Nc1nc(C2C3CN(c4ccccc4)CC32)cs1. The van der Waals surface area contributed by atoms with Crippen LogP contribution in [0.15, 0.2) is 35.7 Å². The van der Waals surface area contributed by atoms with Gasteiger partial charge in [-0.15, -0.1) is 11.3 Å². The van der Waals surface area contributed by atoms with E-state index in [-0.39, 0.29) is 0 Å². The van der Waals surface area contributed by atoms with Crippen LogP contribution < -0.4 is 10.6 Å². The molecule has 0 radical (unpaired) electrons. The van der Waals surface area contributed by atoms with Crippen LogP contribution in [0.3, 0.4) is 0 Å². The van der Waals surface area contributed by atoms with Crippen LogP contribution in [0.4, 0.5) is 10.8 Å². The van der Waals surface area contributed by atoms with E-state index in [1.165, 1.54) is 11.4 Å². The van der Waals surface area contributed by atoms with Crippen molar-refractivity contribution in [3.8, 4) is 0 Å². The summed E-state index contributed by atoms with van der Waals surface area (Å²) in [6, 6.07) is 10.7. The Morgan fingerprint density at radius 2 is 1.89 bits per heavy atom. The molecule has 4 rings (SSSR count). The highest BCUT2D eigenvalue weighted by molar-refractivity contribution is 7.13. The second-order valence-corrected chi connectivity index (χ2v) is 6.09. The van der Waals surface area contributed by atoms with E-state index in [2.05, 4.69) is 45.6 Å². The Bertz CT molecular complexity index is 553. The minimum Gasteiger partial charge on any atom is -0.375 e. The van der Waals surface area contributed by atoms with E-state index in [4.69, 9.17) is 5.73 Å². The Balaban J connectivity index is 1.48. The molecule has 2 N–H and O–H groups in total. The minimum atomic E-state index is 0.665. The third kappa shape index (κ3) is 1.52. The van der Waals surface area contributed by atoms with Crippen LogP contribution in [0.25, 0.3) is 0 Å². The van der Waals surface area contributed by atoms with Gasteiger partial charge in [0, 0.05) is 30.1 Å². The van der Waals surface area contributed by atoms with E-state index < -0.39 is 0 Å². The van der Waals surface area contributed by atoms with E-state index in [0.29, 0.717) is 11.0 Å². The zero-order valence-electron chi connectivity index (χ0n) is 9.99. The molecule has 1 aliphatic heterocycles. The summed E-state index contributed by atoms with van der Waals surface area (Å²) in [4.78, 5) is 6.92. The lowest BCUT2D eigenvalue weighted by molar-refractivity contribution is 0.744. The van der Waals surface area contributed by atoms with Gasteiger partial charge in [-0.25, -0.2) is 4.98 Å². The molecular weight excluding hydrogens is 242 g/mol. The highest BCUT2D eigenvalue weighted by Crippen LogP contribution is 2.58. The Hall–Kier alpha value is -1.55. The van der Waals surface area contributed by atoms with Crippen molar-refractivity contribution in [3.05, 3.63) is 41.4 Å². The molecule has 2 atom stereocenters. The van der Waals surface area contributed by atoms with E-state index in [1.54, 1.807) is 11.3 Å². The zero-order valence-corrected chi connectivity index (χ0v) is 10.8. The van der Waals surface area contributed by atoms with Gasteiger partial charge in [0.15, 0.2) is 5.13 Å². The van der Waals surface area contributed by atoms with Gasteiger partial charge in [-0.1, -0.05) is 18.2 Å². The number of benzene rings is 1. The second-order valence-electron chi connectivity index (χ2n) is 5.20. The summed E-state index contributed by atoms with van der Waals surface area (Å²) >= 11 is 1.56. The van der Waals surface area contributed by atoms with Crippen molar-refractivity contribution in [2.75, 3.05) is 23.7 Å². The molecule has 2 fully saturated rings. The molecular formula is C14H15N3S. The minimum absolute atomic E-state index is 0.665. The summed E-state index contributed by atoms with van der Waals surface area (Å²) in [6.45, 7) is 2.33. The molecule has 0 amide bonds. The Morgan fingerprint density at radius 3 is 2.50 bits per heavy atom. The number of hydrogen-bond acceptors (Lipinski definition) is 4. The largest absolute Gasteiger partial charge is 0.375 e. The molecule has 2 aliphatic rings. The monoisotopic (exact) mass is 257 g/mol. The molecule has 0 spiro atoms. The molecule has 1 saturated carbocycles. The Labute approximate surface area is 110 Å². The molecule has 1 aromatic heterocycles. The van der Waals surface area contributed by atoms with Crippen LogP contribution in [-0.4, -0.2) is 18.1 Å². The number of nitrogen functional groups attached to an aromatic ring is 1. The van der Waals surface area contributed by atoms with Gasteiger partial charge < -0.3 is 10.6 Å². The first-order valence-corrected chi connectivity index (χ1v) is 7.22. The number of fused-ring (bicyclic) bond motifs is 1. The standard InChI is InChI=1S/C14H15N3S/c15-14-16-12(8-18-14)13-10-6-17(7-11(10)13)9-4-2-1-3-5-9/h1-5,8,10-11,13H,6-7H2,(H2,15,16). The highest BCUT2D eigenvalue weighted by Gasteiger charge is 2.57. The molecule has 2 heterocycles. The van der Waals surface area contributed by atoms with E-state index in [1.807, 2.05) is 0 Å². The quantitative estimate of drug-likeness (QED) is 0.899. The topological polar surface area (TPSA) is 42.1 Å². The van der Waals surface area contributed by atoms with Gasteiger partial charge in [-0.05, 0) is 24.0 Å². The second kappa shape index (κ2) is 3.72.